The fourth-order valence-electron chi connectivity index (χ4n) is 3.80. The molecule has 1 aromatic rings. The first-order valence-corrected chi connectivity index (χ1v) is 10.5. The maximum absolute atomic E-state index is 5.79. The quantitative estimate of drug-likeness (QED) is 0.495. The molecule has 1 aliphatic carbocycles. The fraction of sp³-hybridized carbons (Fsp3) is 0.360. The van der Waals surface area contributed by atoms with Gasteiger partial charge in [0.2, 0.25) is 0 Å². The van der Waals surface area contributed by atoms with Crippen LogP contribution >= 0.6 is 0 Å². The summed E-state index contributed by atoms with van der Waals surface area (Å²) in [6, 6.07) is 10.4. The Morgan fingerprint density at radius 1 is 0.966 bits per heavy atom. The molecule has 1 fully saturated rings. The SMILES string of the molecule is C1=CC(N2COC/C(=C\CC/C=C/C3=COCN(c4ccccc4)C3)C2)=CCC1. The molecule has 2 aliphatic heterocycles. The molecule has 1 saturated heterocycles. The van der Waals surface area contributed by atoms with Crippen molar-refractivity contribution in [2.24, 2.45) is 0 Å². The van der Waals surface area contributed by atoms with Crippen LogP contribution in [0.1, 0.15) is 25.7 Å². The van der Waals surface area contributed by atoms with Gasteiger partial charge < -0.3 is 19.3 Å². The smallest absolute Gasteiger partial charge is 0.160 e. The van der Waals surface area contributed by atoms with Crippen molar-refractivity contribution in [3.05, 3.63) is 89.9 Å². The zero-order valence-corrected chi connectivity index (χ0v) is 17.0. The monoisotopic (exact) mass is 390 g/mol. The van der Waals surface area contributed by atoms with E-state index in [-0.39, 0.29) is 0 Å². The molecule has 0 amide bonds. The highest BCUT2D eigenvalue weighted by atomic mass is 16.5. The minimum absolute atomic E-state index is 0.607. The van der Waals surface area contributed by atoms with Crippen LogP contribution in [0.15, 0.2) is 89.9 Å². The first-order valence-electron chi connectivity index (χ1n) is 10.5. The van der Waals surface area contributed by atoms with Crippen molar-refractivity contribution < 1.29 is 9.47 Å². The topological polar surface area (TPSA) is 24.9 Å². The van der Waals surface area contributed by atoms with Crippen LogP contribution in [-0.2, 0) is 9.47 Å². The number of nitrogens with zero attached hydrogens (tertiary/aromatic N) is 2. The highest BCUT2D eigenvalue weighted by Crippen LogP contribution is 2.20. The summed E-state index contributed by atoms with van der Waals surface area (Å²) in [5.74, 6) is 0. The molecule has 0 aromatic heterocycles. The van der Waals surface area contributed by atoms with Gasteiger partial charge >= 0.3 is 0 Å². The lowest BCUT2D eigenvalue weighted by Gasteiger charge is -2.32. The van der Waals surface area contributed by atoms with Gasteiger partial charge in [0, 0.05) is 30.0 Å². The molecule has 4 rings (SSSR count). The average molecular weight is 391 g/mol. The number of para-hydroxylation sites is 1. The Labute approximate surface area is 174 Å². The largest absolute Gasteiger partial charge is 0.480 e. The predicted octanol–water partition coefficient (Wildman–Crippen LogP) is 5.15. The molecule has 4 nitrogen and oxygen atoms in total. The number of unbranched alkanes of at least 4 members (excludes halogenated alkanes) is 1. The van der Waals surface area contributed by atoms with Gasteiger partial charge in [0.25, 0.3) is 0 Å². The third kappa shape index (κ3) is 5.64. The Bertz CT molecular complexity index is 820. The molecule has 29 heavy (non-hydrogen) atoms. The number of rotatable bonds is 6. The third-order valence-corrected chi connectivity index (χ3v) is 5.33. The number of hydrogen-bond acceptors (Lipinski definition) is 4. The zero-order valence-electron chi connectivity index (χ0n) is 17.0. The lowest BCUT2D eigenvalue weighted by atomic mass is 10.1. The summed E-state index contributed by atoms with van der Waals surface area (Å²) in [5.41, 5.74) is 5.07. The van der Waals surface area contributed by atoms with Crippen molar-refractivity contribution in [3.63, 3.8) is 0 Å². The molecule has 4 heteroatoms. The zero-order chi connectivity index (χ0) is 19.7. The lowest BCUT2D eigenvalue weighted by Crippen LogP contribution is -2.34. The predicted molar refractivity (Wildman–Crippen MR) is 118 cm³/mol. The highest BCUT2D eigenvalue weighted by Gasteiger charge is 2.16. The number of allylic oxidation sites excluding steroid dienone is 5. The summed E-state index contributed by atoms with van der Waals surface area (Å²) in [6.45, 7) is 3.91. The van der Waals surface area contributed by atoms with Gasteiger partial charge in [-0.3, -0.25) is 0 Å². The van der Waals surface area contributed by atoms with E-state index in [0.717, 1.165) is 45.4 Å². The van der Waals surface area contributed by atoms with Crippen molar-refractivity contribution in [1.82, 2.24) is 4.90 Å². The molecule has 0 unspecified atom stereocenters. The normalized spacial score (nSPS) is 21.3. The molecule has 1 aromatic carbocycles. The molecule has 0 spiro atoms. The van der Waals surface area contributed by atoms with Gasteiger partial charge in [-0.25, -0.2) is 0 Å². The Hall–Kier alpha value is -2.72. The van der Waals surface area contributed by atoms with Crippen molar-refractivity contribution >= 4 is 5.69 Å². The summed E-state index contributed by atoms with van der Waals surface area (Å²) >= 11 is 0. The maximum atomic E-state index is 5.79. The number of anilines is 1. The van der Waals surface area contributed by atoms with Crippen LogP contribution in [-0.4, -0.2) is 38.1 Å². The van der Waals surface area contributed by atoms with Gasteiger partial charge in [0.1, 0.15) is 6.73 Å². The molecular weight excluding hydrogens is 360 g/mol. The van der Waals surface area contributed by atoms with Gasteiger partial charge in [0.15, 0.2) is 6.73 Å². The van der Waals surface area contributed by atoms with Crippen molar-refractivity contribution in [3.8, 4) is 0 Å². The van der Waals surface area contributed by atoms with Crippen LogP contribution in [0, 0.1) is 0 Å². The fourth-order valence-corrected chi connectivity index (χ4v) is 3.80. The van der Waals surface area contributed by atoms with E-state index in [1.807, 2.05) is 12.3 Å². The van der Waals surface area contributed by atoms with Gasteiger partial charge in [-0.15, -0.1) is 0 Å². The number of ether oxygens (including phenoxy) is 2. The van der Waals surface area contributed by atoms with Crippen LogP contribution in [0.3, 0.4) is 0 Å². The van der Waals surface area contributed by atoms with E-state index in [2.05, 4.69) is 70.5 Å². The maximum Gasteiger partial charge on any atom is 0.160 e. The first kappa shape index (κ1) is 19.6. The van der Waals surface area contributed by atoms with Gasteiger partial charge in [-0.05, 0) is 49.5 Å². The second-order valence-corrected chi connectivity index (χ2v) is 7.65. The van der Waals surface area contributed by atoms with Crippen LogP contribution in [0.25, 0.3) is 0 Å². The van der Waals surface area contributed by atoms with Crippen LogP contribution in [0.4, 0.5) is 5.69 Å². The molecular formula is C25H30N2O2. The molecule has 0 saturated carbocycles. The molecule has 3 aliphatic rings. The van der Waals surface area contributed by atoms with Crippen LogP contribution in [0.5, 0.6) is 0 Å². The van der Waals surface area contributed by atoms with Crippen LogP contribution < -0.4 is 4.90 Å². The lowest BCUT2D eigenvalue weighted by molar-refractivity contribution is 0.0370. The molecule has 2 heterocycles. The summed E-state index contributed by atoms with van der Waals surface area (Å²) in [5, 5.41) is 0. The summed E-state index contributed by atoms with van der Waals surface area (Å²) in [4.78, 5) is 4.56. The van der Waals surface area contributed by atoms with Gasteiger partial charge in [-0.1, -0.05) is 48.6 Å². The van der Waals surface area contributed by atoms with E-state index in [1.165, 1.54) is 22.5 Å². The van der Waals surface area contributed by atoms with Gasteiger partial charge in [-0.2, -0.15) is 0 Å². The summed E-state index contributed by atoms with van der Waals surface area (Å²) < 4.78 is 11.4. The van der Waals surface area contributed by atoms with Crippen LogP contribution in [0.2, 0.25) is 0 Å². The van der Waals surface area contributed by atoms with E-state index < -0.39 is 0 Å². The summed E-state index contributed by atoms with van der Waals surface area (Å²) in [6.07, 6.45) is 19.8. The molecule has 0 atom stereocenters. The number of benzene rings is 1. The van der Waals surface area contributed by atoms with Crippen molar-refractivity contribution in [2.45, 2.75) is 25.7 Å². The Kier molecular flexibility index (Phi) is 6.87. The molecule has 0 N–H and O–H groups in total. The standard InChI is InChI=1S/C25H30N2O2/c1(4-10-22-16-26(20-28-18-22)24-12-6-2-7-13-24)5-11-23-17-27(21-29-19-23)25-14-8-3-9-15-25/h2,4,6-8,10-15,18H,1,3,5,9,16-17,19-21H2/b10-4+,23-11-. The van der Waals surface area contributed by atoms with E-state index in [0.29, 0.717) is 13.5 Å². The van der Waals surface area contributed by atoms with E-state index in [9.17, 15) is 0 Å². The first-order chi connectivity index (χ1) is 14.4. The van der Waals surface area contributed by atoms with E-state index in [1.54, 1.807) is 0 Å². The third-order valence-electron chi connectivity index (χ3n) is 5.33. The molecule has 0 bridgehead atoms. The minimum Gasteiger partial charge on any atom is -0.480 e. The van der Waals surface area contributed by atoms with Crippen molar-refractivity contribution in [2.75, 3.05) is 38.1 Å². The number of hydrogen-bond donors (Lipinski definition) is 0. The second kappa shape index (κ2) is 10.2. The Balaban J connectivity index is 1.23. The minimum atomic E-state index is 0.607. The highest BCUT2D eigenvalue weighted by molar-refractivity contribution is 5.48. The van der Waals surface area contributed by atoms with E-state index in [4.69, 9.17) is 9.47 Å². The Morgan fingerprint density at radius 2 is 1.90 bits per heavy atom. The Morgan fingerprint density at radius 3 is 2.76 bits per heavy atom. The molecule has 152 valence electrons. The van der Waals surface area contributed by atoms with E-state index >= 15 is 0 Å². The second-order valence-electron chi connectivity index (χ2n) is 7.65. The average Bonchev–Trinajstić information content (AvgIpc) is 2.80. The van der Waals surface area contributed by atoms with Gasteiger partial charge in [0.05, 0.1) is 12.9 Å². The molecule has 0 radical (unpaired) electrons. The summed E-state index contributed by atoms with van der Waals surface area (Å²) in [7, 11) is 0. The van der Waals surface area contributed by atoms with Crippen molar-refractivity contribution in [1.29, 1.82) is 0 Å².